The van der Waals surface area contributed by atoms with Gasteiger partial charge in [-0.25, -0.2) is 0 Å². The van der Waals surface area contributed by atoms with Gasteiger partial charge < -0.3 is 17.2 Å². The van der Waals surface area contributed by atoms with E-state index in [1.54, 1.807) is 10.9 Å². The van der Waals surface area contributed by atoms with Gasteiger partial charge in [-0.05, 0) is 0 Å². The molecule has 0 spiro atoms. The first-order valence-electron chi connectivity index (χ1n) is 1.81. The molecule has 5 heteroatoms. The summed E-state index contributed by atoms with van der Waals surface area (Å²) in [6.07, 6.45) is 1.57. The molecule has 1 aromatic heterocycles. The number of nitrogens with zero attached hydrogens (tertiary/aromatic N) is 3. The Kier molecular flexibility index (Phi) is 3.55. The fourth-order valence-electron chi connectivity index (χ4n) is 0.273. The molecule has 3 nitrogen and oxygen atoms in total. The molecule has 0 N–H and O–H groups in total. The Morgan fingerprint density at radius 3 is 2.50 bits per heavy atom. The van der Waals surface area contributed by atoms with Crippen molar-refractivity contribution < 1.29 is 29.6 Å². The van der Waals surface area contributed by atoms with Gasteiger partial charge in [0.05, 0.1) is 0 Å². The topological polar surface area (TPSA) is 30.7 Å². The molecule has 0 saturated heterocycles. The van der Waals surface area contributed by atoms with Crippen molar-refractivity contribution in [3.05, 3.63) is 6.33 Å². The van der Waals surface area contributed by atoms with Gasteiger partial charge in [0.1, 0.15) is 6.33 Å². The van der Waals surface area contributed by atoms with Crippen molar-refractivity contribution in [2.75, 3.05) is 0 Å². The molecule has 0 fully saturated rings. The van der Waals surface area contributed by atoms with Gasteiger partial charge in [0.2, 0.25) is 0 Å². The summed E-state index contributed by atoms with van der Waals surface area (Å²) in [6.45, 7) is 0. The van der Waals surface area contributed by atoms with Crippen LogP contribution in [-0.4, -0.2) is 14.8 Å². The van der Waals surface area contributed by atoms with Gasteiger partial charge in [-0.2, -0.15) is 5.10 Å². The summed E-state index contributed by atoms with van der Waals surface area (Å²) in [4.78, 5) is 0. The summed E-state index contributed by atoms with van der Waals surface area (Å²) < 4.78 is 1.68. The number of hydrogen-bond acceptors (Lipinski definition) is 3. The standard InChI is InChI=1S/C3H5N3S.Na/c1-6-2-4-5-3(6)7;/h2H,1H3,(H,5,7);/q;+1/p-1. The minimum absolute atomic E-state index is 0. The molecule has 8 heavy (non-hydrogen) atoms. The van der Waals surface area contributed by atoms with Crippen molar-refractivity contribution in [2.45, 2.75) is 5.16 Å². The monoisotopic (exact) mass is 137 g/mol. The Morgan fingerprint density at radius 2 is 2.38 bits per heavy atom. The molecule has 0 atom stereocenters. The van der Waals surface area contributed by atoms with E-state index in [2.05, 4.69) is 22.8 Å². The van der Waals surface area contributed by atoms with Gasteiger partial charge in [0, 0.05) is 12.2 Å². The molecule has 0 aliphatic heterocycles. The zero-order valence-corrected chi connectivity index (χ0v) is 7.64. The summed E-state index contributed by atoms with van der Waals surface area (Å²) in [5, 5.41) is 7.60. The average molecular weight is 137 g/mol. The van der Waals surface area contributed by atoms with Gasteiger partial charge in [-0.15, -0.1) is 5.10 Å². The van der Waals surface area contributed by atoms with Crippen LogP contribution >= 0.6 is 0 Å². The Hall–Kier alpha value is 0.360. The molecule has 0 bridgehead atoms. The minimum Gasteiger partial charge on any atom is -0.740 e. The van der Waals surface area contributed by atoms with Crippen molar-refractivity contribution in [3.8, 4) is 0 Å². The summed E-state index contributed by atoms with van der Waals surface area (Å²) in [5.41, 5.74) is 0. The van der Waals surface area contributed by atoms with E-state index in [-0.39, 0.29) is 29.6 Å². The smallest absolute Gasteiger partial charge is 0.740 e. The number of hydrogen-bond donors (Lipinski definition) is 0. The molecule has 1 aromatic rings. The normalized spacial score (nSPS) is 8.12. The van der Waals surface area contributed by atoms with Gasteiger partial charge in [-0.1, -0.05) is 0 Å². The summed E-state index contributed by atoms with van der Waals surface area (Å²) >= 11 is 4.68. The third-order valence-corrected chi connectivity index (χ3v) is 1.04. The maximum absolute atomic E-state index is 4.68. The van der Waals surface area contributed by atoms with Crippen molar-refractivity contribution in [1.29, 1.82) is 0 Å². The van der Waals surface area contributed by atoms with Gasteiger partial charge in [-0.3, -0.25) is 0 Å². The Labute approximate surface area is 75.2 Å². The third kappa shape index (κ3) is 1.70. The van der Waals surface area contributed by atoms with Crippen LogP contribution in [0.4, 0.5) is 0 Å². The average Bonchev–Trinajstić information content (AvgIpc) is 1.91. The van der Waals surface area contributed by atoms with Crippen LogP contribution in [0.3, 0.4) is 0 Å². The molecule has 0 saturated carbocycles. The molecular formula is C3H4N3NaS. The molecule has 0 radical (unpaired) electrons. The SMILES string of the molecule is Cn1cnnc1[S-].[Na+]. The van der Waals surface area contributed by atoms with Gasteiger partial charge in [0.25, 0.3) is 0 Å². The van der Waals surface area contributed by atoms with Gasteiger partial charge in [0.15, 0.2) is 0 Å². The molecule has 0 aliphatic carbocycles. The van der Waals surface area contributed by atoms with E-state index in [4.69, 9.17) is 0 Å². The van der Waals surface area contributed by atoms with E-state index in [1.165, 1.54) is 0 Å². The van der Waals surface area contributed by atoms with E-state index in [0.717, 1.165) is 0 Å². The maximum atomic E-state index is 4.68. The molecule has 0 aliphatic rings. The molecule has 0 unspecified atom stereocenters. The second-order valence-electron chi connectivity index (χ2n) is 1.22. The first-order chi connectivity index (χ1) is 3.30. The minimum atomic E-state index is 0. The molecule has 0 aromatic carbocycles. The van der Waals surface area contributed by atoms with Crippen molar-refractivity contribution in [3.63, 3.8) is 0 Å². The molecule has 1 rings (SSSR count). The summed E-state index contributed by atoms with van der Waals surface area (Å²) in [7, 11) is 1.81. The van der Waals surface area contributed by atoms with Crippen LogP contribution in [0, 0.1) is 0 Å². The van der Waals surface area contributed by atoms with Crippen LogP contribution in [0.25, 0.3) is 0 Å². The van der Waals surface area contributed by atoms with E-state index < -0.39 is 0 Å². The quantitative estimate of drug-likeness (QED) is 0.277. The molecule has 0 amide bonds. The summed E-state index contributed by atoms with van der Waals surface area (Å²) in [6, 6.07) is 0. The zero-order chi connectivity index (χ0) is 5.28. The fraction of sp³-hybridized carbons (Fsp3) is 0.333. The fourth-order valence-corrected chi connectivity index (χ4v) is 0.367. The van der Waals surface area contributed by atoms with Crippen molar-refractivity contribution in [2.24, 2.45) is 7.05 Å². The van der Waals surface area contributed by atoms with E-state index >= 15 is 0 Å². The third-order valence-electron chi connectivity index (χ3n) is 0.670. The second-order valence-corrected chi connectivity index (χ2v) is 1.59. The maximum Gasteiger partial charge on any atom is 1.00 e. The first-order valence-corrected chi connectivity index (χ1v) is 2.22. The van der Waals surface area contributed by atoms with Crippen molar-refractivity contribution >= 4 is 12.6 Å². The predicted octanol–water partition coefficient (Wildman–Crippen LogP) is -3.28. The van der Waals surface area contributed by atoms with Gasteiger partial charge >= 0.3 is 29.6 Å². The largest absolute Gasteiger partial charge is 1.00 e. The Morgan fingerprint density at radius 1 is 1.75 bits per heavy atom. The Balaban J connectivity index is 0.000000490. The molecular weight excluding hydrogens is 133 g/mol. The first kappa shape index (κ1) is 8.36. The zero-order valence-electron chi connectivity index (χ0n) is 4.83. The van der Waals surface area contributed by atoms with E-state index in [9.17, 15) is 0 Å². The van der Waals surface area contributed by atoms with Crippen molar-refractivity contribution in [1.82, 2.24) is 14.8 Å². The van der Waals surface area contributed by atoms with Crippen LogP contribution in [0.1, 0.15) is 0 Å². The number of aromatic nitrogens is 3. The summed E-state index contributed by atoms with van der Waals surface area (Å²) in [5.74, 6) is 0. The number of rotatable bonds is 0. The number of aryl methyl sites for hydroxylation is 1. The van der Waals surface area contributed by atoms with Crippen LogP contribution in [0.15, 0.2) is 11.5 Å². The van der Waals surface area contributed by atoms with Crippen LogP contribution < -0.4 is 29.6 Å². The molecule has 38 valence electrons. The second kappa shape index (κ2) is 3.40. The van der Waals surface area contributed by atoms with E-state index in [1.807, 2.05) is 7.05 Å². The van der Waals surface area contributed by atoms with Crippen LogP contribution in [-0.2, 0) is 19.7 Å². The van der Waals surface area contributed by atoms with Crippen LogP contribution in [0.5, 0.6) is 0 Å². The van der Waals surface area contributed by atoms with E-state index in [0.29, 0.717) is 5.16 Å². The van der Waals surface area contributed by atoms with Crippen LogP contribution in [0.2, 0.25) is 0 Å². The predicted molar refractivity (Wildman–Crippen MR) is 26.6 cm³/mol. The molecule has 1 heterocycles. The Bertz CT molecular complexity index is 147.